The van der Waals surface area contributed by atoms with Crippen LogP contribution in [0.1, 0.15) is 22.8 Å². The van der Waals surface area contributed by atoms with E-state index >= 15 is 0 Å². The Labute approximate surface area is 225 Å². The molecule has 199 valence electrons. The number of aromatic nitrogens is 6. The van der Waals surface area contributed by atoms with Crippen molar-refractivity contribution >= 4 is 10.8 Å². The zero-order valence-electron chi connectivity index (χ0n) is 19.6. The largest absolute Gasteiger partial charge is 0.429 e. The average Bonchev–Trinajstić information content (AvgIpc) is 3.35. The number of benzene rings is 2. The van der Waals surface area contributed by atoms with Crippen LogP contribution >= 0.6 is 0 Å². The number of halogens is 6. The molecule has 5 aromatic rings. The summed E-state index contributed by atoms with van der Waals surface area (Å²) >= 11 is 0. The maximum absolute atomic E-state index is 13.1. The van der Waals surface area contributed by atoms with Crippen molar-refractivity contribution in [2.45, 2.75) is 26.2 Å². The molecule has 13 heteroatoms. The molecule has 0 spiro atoms. The van der Waals surface area contributed by atoms with Crippen LogP contribution in [0.5, 0.6) is 0 Å². The molecule has 1 radical (unpaired) electrons. The van der Waals surface area contributed by atoms with Gasteiger partial charge in [-0.15, -0.1) is 17.7 Å². The van der Waals surface area contributed by atoms with Gasteiger partial charge in [-0.3, -0.25) is 15.1 Å². The fourth-order valence-corrected chi connectivity index (χ4v) is 3.47. The second kappa shape index (κ2) is 11.4. The van der Waals surface area contributed by atoms with Crippen LogP contribution in [0, 0.1) is 19.9 Å². The molecule has 5 rings (SSSR count). The third-order valence-electron chi connectivity index (χ3n) is 5.06. The standard InChI is InChI=1S/C17H12F3N2.C8H4F3N4.Ir/c1-10-9-21-16(11(2)22-10)14-7-8-15(17(18,19)20)13-6-4-3-5-12(13)14;9-8(10,11)7-13-6(14-15-7)5-3-1-2-4-12-5;/h3-6,8-9H,1-2H3;1-4H;/q2*-1;. The van der Waals surface area contributed by atoms with E-state index in [0.717, 1.165) is 11.8 Å². The van der Waals surface area contributed by atoms with Gasteiger partial charge in [0.05, 0.1) is 11.4 Å². The molecule has 0 saturated carbocycles. The van der Waals surface area contributed by atoms with E-state index in [-0.39, 0.29) is 37.0 Å². The van der Waals surface area contributed by atoms with Crippen molar-refractivity contribution < 1.29 is 46.4 Å². The van der Waals surface area contributed by atoms with E-state index in [2.05, 4.69) is 36.2 Å². The van der Waals surface area contributed by atoms with Crippen LogP contribution in [0.25, 0.3) is 33.5 Å². The van der Waals surface area contributed by atoms with Crippen molar-refractivity contribution in [2.24, 2.45) is 0 Å². The Bertz CT molecular complexity index is 1530. The van der Waals surface area contributed by atoms with E-state index in [1.165, 1.54) is 18.3 Å². The number of pyridine rings is 1. The normalized spacial score (nSPS) is 11.5. The van der Waals surface area contributed by atoms with Gasteiger partial charge in [-0.05, 0) is 37.4 Å². The molecule has 0 aliphatic heterocycles. The van der Waals surface area contributed by atoms with E-state index in [4.69, 9.17) is 0 Å². The second-order valence-corrected chi connectivity index (χ2v) is 7.74. The molecule has 0 saturated heterocycles. The Morgan fingerprint density at radius 1 is 0.816 bits per heavy atom. The summed E-state index contributed by atoms with van der Waals surface area (Å²) in [5, 5.41) is 6.86. The van der Waals surface area contributed by atoms with Crippen LogP contribution in [0.3, 0.4) is 0 Å². The van der Waals surface area contributed by atoms with Gasteiger partial charge in [-0.1, -0.05) is 41.1 Å². The minimum atomic E-state index is -4.57. The molecule has 0 unspecified atom stereocenters. The van der Waals surface area contributed by atoms with Crippen LogP contribution in [-0.4, -0.2) is 25.0 Å². The van der Waals surface area contributed by atoms with Gasteiger partial charge in [0.1, 0.15) is 5.82 Å². The molecule has 2 aromatic carbocycles. The summed E-state index contributed by atoms with van der Waals surface area (Å²) in [6.07, 6.45) is -5.94. The first kappa shape index (κ1) is 28.9. The minimum absolute atomic E-state index is 0. The molecule has 0 atom stereocenters. The number of hydrogen-bond acceptors (Lipinski definition) is 5. The van der Waals surface area contributed by atoms with E-state index in [1.54, 1.807) is 43.5 Å². The molecule has 0 aliphatic carbocycles. The number of rotatable bonds is 2. The molecular formula is C25H16F6IrN6-2. The quantitative estimate of drug-likeness (QED) is 0.160. The van der Waals surface area contributed by atoms with Crippen LogP contribution in [0.4, 0.5) is 26.3 Å². The Hall–Kier alpha value is -3.70. The number of fused-ring (bicyclic) bond motifs is 1. The number of alkyl halides is 6. The Balaban J connectivity index is 0.000000220. The van der Waals surface area contributed by atoms with Crippen molar-refractivity contribution in [3.8, 4) is 22.8 Å². The predicted molar refractivity (Wildman–Crippen MR) is 122 cm³/mol. The van der Waals surface area contributed by atoms with Gasteiger partial charge < -0.3 is 15.1 Å². The first-order valence-corrected chi connectivity index (χ1v) is 10.6. The van der Waals surface area contributed by atoms with Crippen molar-refractivity contribution in [1.82, 2.24) is 30.1 Å². The van der Waals surface area contributed by atoms with Crippen molar-refractivity contribution in [2.75, 3.05) is 0 Å². The number of hydrogen-bond donors (Lipinski definition) is 0. The zero-order chi connectivity index (χ0) is 26.8. The maximum atomic E-state index is 13.1. The molecule has 0 bridgehead atoms. The van der Waals surface area contributed by atoms with Gasteiger partial charge in [0.2, 0.25) is 0 Å². The van der Waals surface area contributed by atoms with E-state index < -0.39 is 23.7 Å². The second-order valence-electron chi connectivity index (χ2n) is 7.74. The van der Waals surface area contributed by atoms with Gasteiger partial charge in [0.15, 0.2) is 0 Å². The summed E-state index contributed by atoms with van der Waals surface area (Å²) in [7, 11) is 0. The molecular weight excluding hydrogens is 691 g/mol. The average molecular weight is 707 g/mol. The van der Waals surface area contributed by atoms with Crippen LogP contribution < -0.4 is 5.10 Å². The van der Waals surface area contributed by atoms with Crippen molar-refractivity contribution in [3.05, 3.63) is 89.8 Å². The summed E-state index contributed by atoms with van der Waals surface area (Å²) < 4.78 is 75.8. The molecule has 6 nitrogen and oxygen atoms in total. The first-order chi connectivity index (χ1) is 17.4. The first-order valence-electron chi connectivity index (χ1n) is 10.6. The number of aryl methyl sites for hydroxylation is 2. The summed E-state index contributed by atoms with van der Waals surface area (Å²) in [4.78, 5) is 15.7. The summed E-state index contributed by atoms with van der Waals surface area (Å²) in [6, 6.07) is 14.9. The number of nitrogens with zero attached hydrogens (tertiary/aromatic N) is 6. The molecule has 38 heavy (non-hydrogen) atoms. The topological polar surface area (TPSA) is 78.5 Å². The van der Waals surface area contributed by atoms with Gasteiger partial charge >= 0.3 is 12.4 Å². The molecule has 0 N–H and O–H groups in total. The van der Waals surface area contributed by atoms with Crippen LogP contribution in [0.2, 0.25) is 0 Å². The SMILES string of the molecule is Cc1cnc(-c2[c-]cc(C(F)(F)F)c3ccccc23)c(C)n1.FC(F)(F)c1n[n-]c(-c2ccccn2)n1.[Ir]. The molecule has 3 heterocycles. The smallest absolute Gasteiger partial charge is 0.413 e. The van der Waals surface area contributed by atoms with Crippen LogP contribution in [-0.2, 0) is 32.5 Å². The van der Waals surface area contributed by atoms with Gasteiger partial charge in [0.25, 0.3) is 0 Å². The Morgan fingerprint density at radius 3 is 2.08 bits per heavy atom. The fraction of sp³-hybridized carbons (Fsp3) is 0.160. The molecule has 3 aromatic heterocycles. The van der Waals surface area contributed by atoms with E-state index in [9.17, 15) is 26.3 Å². The van der Waals surface area contributed by atoms with Crippen molar-refractivity contribution in [1.29, 1.82) is 0 Å². The van der Waals surface area contributed by atoms with Gasteiger partial charge in [-0.2, -0.15) is 26.3 Å². The fourth-order valence-electron chi connectivity index (χ4n) is 3.47. The Kier molecular flexibility index (Phi) is 8.63. The van der Waals surface area contributed by atoms with E-state index in [1.807, 2.05) is 6.92 Å². The third kappa shape index (κ3) is 6.40. The van der Waals surface area contributed by atoms with Gasteiger partial charge in [0, 0.05) is 43.9 Å². The third-order valence-corrected chi connectivity index (χ3v) is 5.06. The molecule has 0 aliphatic rings. The van der Waals surface area contributed by atoms with E-state index in [0.29, 0.717) is 22.3 Å². The molecule has 0 fully saturated rings. The Morgan fingerprint density at radius 2 is 1.50 bits per heavy atom. The molecule has 0 amide bonds. The van der Waals surface area contributed by atoms with Gasteiger partial charge in [-0.25, -0.2) is 0 Å². The summed E-state index contributed by atoms with van der Waals surface area (Å²) in [6.45, 7) is 3.61. The maximum Gasteiger partial charge on any atom is 0.429 e. The predicted octanol–water partition coefficient (Wildman–Crippen LogP) is 6.24. The zero-order valence-corrected chi connectivity index (χ0v) is 22.0. The van der Waals surface area contributed by atoms with Crippen LogP contribution in [0.15, 0.2) is 60.9 Å². The summed E-state index contributed by atoms with van der Waals surface area (Å²) in [5.74, 6) is -1.37. The van der Waals surface area contributed by atoms with Crippen molar-refractivity contribution in [3.63, 3.8) is 0 Å². The summed E-state index contributed by atoms with van der Waals surface area (Å²) in [5.41, 5.74) is 2.09. The monoisotopic (exact) mass is 707 g/mol. The minimum Gasteiger partial charge on any atom is -0.413 e.